The average Bonchev–Trinajstić information content (AvgIpc) is 2.71. The number of H-pyrrole nitrogens is 1. The van der Waals surface area contributed by atoms with Gasteiger partial charge in [-0.05, 0) is 61.5 Å². The quantitative estimate of drug-likeness (QED) is 0.768. The molecular weight excluding hydrogens is 264 g/mol. The van der Waals surface area contributed by atoms with Crippen molar-refractivity contribution in [2.75, 3.05) is 0 Å². The Morgan fingerprint density at radius 3 is 3.00 bits per heavy atom. The number of aromatic nitrogens is 2. The van der Waals surface area contributed by atoms with Gasteiger partial charge in [-0.1, -0.05) is 32.3 Å². The Morgan fingerprint density at radius 1 is 1.35 bits per heavy atom. The zero-order valence-corrected chi connectivity index (χ0v) is 13.3. The molecule has 0 saturated heterocycles. The van der Waals surface area contributed by atoms with Gasteiger partial charge in [-0.25, -0.2) is 0 Å². The number of benzene rings is 1. The van der Waals surface area contributed by atoms with Crippen LogP contribution >= 0.6 is 12.2 Å². The molecule has 3 rings (SSSR count). The van der Waals surface area contributed by atoms with Crippen LogP contribution in [0, 0.1) is 23.5 Å². The summed E-state index contributed by atoms with van der Waals surface area (Å²) in [5.41, 5.74) is 3.71. The number of nitrogens with zero attached hydrogens (tertiary/aromatic N) is 1. The molecule has 0 bridgehead atoms. The Labute approximate surface area is 126 Å². The van der Waals surface area contributed by atoms with Crippen molar-refractivity contribution in [3.8, 4) is 0 Å². The molecule has 1 fully saturated rings. The van der Waals surface area contributed by atoms with Gasteiger partial charge in [-0.15, -0.1) is 0 Å². The van der Waals surface area contributed by atoms with Crippen molar-refractivity contribution in [3.05, 3.63) is 28.5 Å². The SMILES string of the molecule is Cc1ccc2c(c1)[nH]c(=S)n2CCC1CCCC(C)C1. The molecule has 20 heavy (non-hydrogen) atoms. The van der Waals surface area contributed by atoms with Crippen molar-refractivity contribution in [2.45, 2.75) is 52.5 Å². The summed E-state index contributed by atoms with van der Waals surface area (Å²) in [4.78, 5) is 3.34. The number of hydrogen-bond acceptors (Lipinski definition) is 1. The zero-order chi connectivity index (χ0) is 14.1. The van der Waals surface area contributed by atoms with Crippen molar-refractivity contribution in [2.24, 2.45) is 11.8 Å². The fourth-order valence-corrected chi connectivity index (χ4v) is 3.93. The maximum Gasteiger partial charge on any atom is 0.178 e. The summed E-state index contributed by atoms with van der Waals surface area (Å²) in [5.74, 6) is 1.79. The summed E-state index contributed by atoms with van der Waals surface area (Å²) in [6.07, 6.45) is 6.89. The van der Waals surface area contributed by atoms with Crippen LogP contribution in [0.4, 0.5) is 0 Å². The lowest BCUT2D eigenvalue weighted by Crippen LogP contribution is -2.15. The van der Waals surface area contributed by atoms with Crippen molar-refractivity contribution >= 4 is 23.3 Å². The number of imidazole rings is 1. The van der Waals surface area contributed by atoms with Gasteiger partial charge in [-0.3, -0.25) is 0 Å². The fourth-order valence-electron chi connectivity index (χ4n) is 3.63. The number of aryl methyl sites for hydroxylation is 2. The van der Waals surface area contributed by atoms with Crippen LogP contribution in [0.2, 0.25) is 0 Å². The standard InChI is InChI=1S/C17H24N2S/c1-12-4-3-5-14(10-12)8-9-19-16-7-6-13(2)11-15(16)18-17(19)20/h6-7,11-12,14H,3-5,8-10H2,1-2H3,(H,18,20). The van der Waals surface area contributed by atoms with Gasteiger partial charge in [0.15, 0.2) is 4.77 Å². The molecule has 0 aliphatic heterocycles. The van der Waals surface area contributed by atoms with Gasteiger partial charge in [0, 0.05) is 6.54 Å². The van der Waals surface area contributed by atoms with Gasteiger partial charge in [0.25, 0.3) is 0 Å². The van der Waals surface area contributed by atoms with E-state index in [4.69, 9.17) is 12.2 Å². The van der Waals surface area contributed by atoms with Gasteiger partial charge in [0.2, 0.25) is 0 Å². The van der Waals surface area contributed by atoms with Gasteiger partial charge in [0.1, 0.15) is 0 Å². The third kappa shape index (κ3) is 2.83. The van der Waals surface area contributed by atoms with E-state index < -0.39 is 0 Å². The Morgan fingerprint density at radius 2 is 2.20 bits per heavy atom. The van der Waals surface area contributed by atoms with Crippen LogP contribution in [0.15, 0.2) is 18.2 Å². The third-order valence-electron chi connectivity index (χ3n) is 4.74. The molecule has 108 valence electrons. The van der Waals surface area contributed by atoms with E-state index in [1.807, 2.05) is 0 Å². The molecule has 2 nitrogen and oxygen atoms in total. The van der Waals surface area contributed by atoms with Crippen LogP contribution in [0.25, 0.3) is 11.0 Å². The number of hydrogen-bond donors (Lipinski definition) is 1. The van der Waals surface area contributed by atoms with Crippen LogP contribution in [0.5, 0.6) is 0 Å². The normalized spacial score (nSPS) is 23.3. The highest BCUT2D eigenvalue weighted by molar-refractivity contribution is 7.71. The summed E-state index contributed by atoms with van der Waals surface area (Å²) in [6.45, 7) is 5.57. The summed E-state index contributed by atoms with van der Waals surface area (Å²) >= 11 is 5.49. The Bertz CT molecular complexity index is 653. The third-order valence-corrected chi connectivity index (χ3v) is 5.06. The molecule has 1 saturated carbocycles. The summed E-state index contributed by atoms with van der Waals surface area (Å²) in [5, 5.41) is 0. The van der Waals surface area contributed by atoms with Crippen molar-refractivity contribution < 1.29 is 0 Å². The molecule has 3 heteroatoms. The topological polar surface area (TPSA) is 20.7 Å². The fraction of sp³-hybridized carbons (Fsp3) is 0.588. The van der Waals surface area contributed by atoms with E-state index in [0.717, 1.165) is 23.2 Å². The smallest absolute Gasteiger partial charge is 0.178 e. The largest absolute Gasteiger partial charge is 0.331 e. The summed E-state index contributed by atoms with van der Waals surface area (Å²) < 4.78 is 3.15. The molecule has 0 radical (unpaired) electrons. The van der Waals surface area contributed by atoms with Gasteiger partial charge in [-0.2, -0.15) is 0 Å². The highest BCUT2D eigenvalue weighted by Gasteiger charge is 2.19. The lowest BCUT2D eigenvalue weighted by Gasteiger charge is -2.26. The zero-order valence-electron chi connectivity index (χ0n) is 12.5. The minimum Gasteiger partial charge on any atom is -0.331 e. The molecule has 1 N–H and O–H groups in total. The number of rotatable bonds is 3. The molecule has 1 aliphatic carbocycles. The maximum absolute atomic E-state index is 5.49. The minimum atomic E-state index is 0.870. The van der Waals surface area contributed by atoms with Gasteiger partial charge >= 0.3 is 0 Å². The highest BCUT2D eigenvalue weighted by Crippen LogP contribution is 2.31. The van der Waals surface area contributed by atoms with E-state index in [2.05, 4.69) is 41.6 Å². The molecule has 0 amide bonds. The molecule has 2 atom stereocenters. The molecule has 1 aliphatic rings. The molecule has 2 aromatic rings. The van der Waals surface area contributed by atoms with Crippen LogP contribution in [0.1, 0.15) is 44.6 Å². The number of nitrogens with one attached hydrogen (secondary N) is 1. The van der Waals surface area contributed by atoms with E-state index in [9.17, 15) is 0 Å². The van der Waals surface area contributed by atoms with E-state index >= 15 is 0 Å². The van der Waals surface area contributed by atoms with Gasteiger partial charge < -0.3 is 9.55 Å². The van der Waals surface area contributed by atoms with E-state index in [0.29, 0.717) is 0 Å². The molecule has 1 aromatic heterocycles. The lowest BCUT2D eigenvalue weighted by atomic mass is 9.81. The lowest BCUT2D eigenvalue weighted by molar-refractivity contribution is 0.261. The number of fused-ring (bicyclic) bond motifs is 1. The van der Waals surface area contributed by atoms with Crippen molar-refractivity contribution in [1.82, 2.24) is 9.55 Å². The molecule has 0 spiro atoms. The predicted octanol–water partition coefficient (Wildman–Crippen LogP) is 5.22. The van der Waals surface area contributed by atoms with E-state index in [1.54, 1.807) is 0 Å². The van der Waals surface area contributed by atoms with E-state index in [1.165, 1.54) is 48.7 Å². The monoisotopic (exact) mass is 288 g/mol. The highest BCUT2D eigenvalue weighted by atomic mass is 32.1. The first-order chi connectivity index (χ1) is 9.63. The second-order valence-corrected chi connectivity index (χ2v) is 6.92. The maximum atomic E-state index is 5.49. The van der Waals surface area contributed by atoms with Crippen LogP contribution in [-0.2, 0) is 6.54 Å². The number of aromatic amines is 1. The van der Waals surface area contributed by atoms with Crippen LogP contribution in [0.3, 0.4) is 0 Å². The first-order valence-corrected chi connectivity index (χ1v) is 8.23. The Balaban J connectivity index is 1.77. The predicted molar refractivity (Wildman–Crippen MR) is 87.6 cm³/mol. The van der Waals surface area contributed by atoms with Crippen LogP contribution in [-0.4, -0.2) is 9.55 Å². The Hall–Kier alpha value is -1.09. The van der Waals surface area contributed by atoms with Crippen LogP contribution < -0.4 is 0 Å². The average molecular weight is 288 g/mol. The molecule has 1 heterocycles. The Kier molecular flexibility index (Phi) is 3.97. The minimum absolute atomic E-state index is 0.870. The van der Waals surface area contributed by atoms with E-state index in [-0.39, 0.29) is 0 Å². The molecule has 1 aromatic carbocycles. The molecular formula is C17H24N2S. The second kappa shape index (κ2) is 5.72. The summed E-state index contributed by atoms with van der Waals surface area (Å²) in [7, 11) is 0. The summed E-state index contributed by atoms with van der Waals surface area (Å²) in [6, 6.07) is 6.55. The first kappa shape index (κ1) is 13.9. The van der Waals surface area contributed by atoms with Crippen molar-refractivity contribution in [1.29, 1.82) is 0 Å². The van der Waals surface area contributed by atoms with Crippen molar-refractivity contribution in [3.63, 3.8) is 0 Å². The second-order valence-electron chi connectivity index (χ2n) is 6.53. The molecule has 2 unspecified atom stereocenters. The first-order valence-electron chi connectivity index (χ1n) is 7.82. The van der Waals surface area contributed by atoms with Gasteiger partial charge in [0.05, 0.1) is 11.0 Å².